The number of likely N-dealkylation sites (tertiary alicyclic amines) is 1. The number of hydrogen-bond donors (Lipinski definition) is 1. The van der Waals surface area contributed by atoms with Gasteiger partial charge in [0.25, 0.3) is 11.5 Å². The van der Waals surface area contributed by atoms with E-state index in [2.05, 4.69) is 25.2 Å². The molecule has 5 heterocycles. The van der Waals surface area contributed by atoms with E-state index in [1.54, 1.807) is 23.2 Å². The Bertz CT molecular complexity index is 2180. The first kappa shape index (κ1) is 37.9. The van der Waals surface area contributed by atoms with Crippen molar-refractivity contribution in [3.05, 3.63) is 98.1 Å². The zero-order valence-corrected chi connectivity index (χ0v) is 31.7. The molecule has 0 unspecified atom stereocenters. The van der Waals surface area contributed by atoms with E-state index in [9.17, 15) is 19.2 Å². The highest BCUT2D eigenvalue weighted by molar-refractivity contribution is 6.03. The number of nitrogens with one attached hydrogen (secondary N) is 1. The summed E-state index contributed by atoms with van der Waals surface area (Å²) >= 11 is 0. The van der Waals surface area contributed by atoms with Gasteiger partial charge in [-0.25, -0.2) is 33.5 Å². The Morgan fingerprint density at radius 1 is 0.982 bits per heavy atom. The minimum absolute atomic E-state index is 0.0827. The average Bonchev–Trinajstić information content (AvgIpc) is 3.68. The van der Waals surface area contributed by atoms with Crippen LogP contribution < -0.4 is 21.3 Å². The van der Waals surface area contributed by atoms with Gasteiger partial charge in [0.2, 0.25) is 5.88 Å². The number of nitrogens with zero attached hydrogens (tertiary/aromatic N) is 7. The molecular formula is C40H47FN8O6. The molecule has 14 nitrogen and oxygen atoms in total. The fourth-order valence-corrected chi connectivity index (χ4v) is 7.54. The van der Waals surface area contributed by atoms with E-state index in [0.717, 1.165) is 79.1 Å². The lowest BCUT2D eigenvalue weighted by Gasteiger charge is -2.36. The maximum atomic E-state index is 15.5. The quantitative estimate of drug-likeness (QED) is 0.234. The Hall–Kier alpha value is -5.44. The molecule has 290 valence electrons. The number of carbonyl (C=O) groups is 2. The molecule has 0 radical (unpaired) electrons. The van der Waals surface area contributed by atoms with Gasteiger partial charge < -0.3 is 19.7 Å². The number of hydrogen-bond acceptors (Lipinski definition) is 10. The second-order valence-corrected chi connectivity index (χ2v) is 15.7. The lowest BCUT2D eigenvalue weighted by molar-refractivity contribution is 0.0167. The summed E-state index contributed by atoms with van der Waals surface area (Å²) in [5.74, 6) is -0.778. The third-order valence-corrected chi connectivity index (χ3v) is 10.4. The molecule has 1 N–H and O–H groups in total. The number of aromatic nitrogens is 5. The van der Waals surface area contributed by atoms with Gasteiger partial charge in [-0.3, -0.25) is 19.1 Å². The zero-order valence-electron chi connectivity index (χ0n) is 31.7. The van der Waals surface area contributed by atoms with Gasteiger partial charge in [0.05, 0.1) is 5.69 Å². The van der Waals surface area contributed by atoms with Gasteiger partial charge in [0.15, 0.2) is 11.6 Å². The number of ether oxygens (including phenoxy) is 2. The van der Waals surface area contributed by atoms with Crippen molar-refractivity contribution in [3.63, 3.8) is 0 Å². The number of piperidine rings is 1. The van der Waals surface area contributed by atoms with Crippen LogP contribution in [0.25, 0.3) is 5.82 Å². The minimum atomic E-state index is -0.816. The van der Waals surface area contributed by atoms with Gasteiger partial charge in [0, 0.05) is 68.5 Å². The summed E-state index contributed by atoms with van der Waals surface area (Å²) in [6.07, 6.45) is 9.78. The number of amides is 2. The fraction of sp³-hybridized carbons (Fsp3) is 0.475. The summed E-state index contributed by atoms with van der Waals surface area (Å²) < 4.78 is 29.4. The second kappa shape index (κ2) is 15.7. The summed E-state index contributed by atoms with van der Waals surface area (Å²) in [5, 5.41) is 2.62. The van der Waals surface area contributed by atoms with Crippen LogP contribution in [0.15, 0.2) is 58.6 Å². The summed E-state index contributed by atoms with van der Waals surface area (Å²) in [5.41, 5.74) is 0.424. The van der Waals surface area contributed by atoms with Gasteiger partial charge in [-0.2, -0.15) is 0 Å². The third-order valence-electron chi connectivity index (χ3n) is 10.4. The number of aryl methyl sites for hydroxylation is 1. The molecule has 0 bridgehead atoms. The Morgan fingerprint density at radius 2 is 1.75 bits per heavy atom. The summed E-state index contributed by atoms with van der Waals surface area (Å²) in [4.78, 5) is 70.5. The molecule has 1 saturated heterocycles. The van der Waals surface area contributed by atoms with Crippen LogP contribution in [0.3, 0.4) is 0 Å². The zero-order chi connectivity index (χ0) is 38.9. The molecule has 1 aliphatic carbocycles. The van der Waals surface area contributed by atoms with Gasteiger partial charge in [-0.1, -0.05) is 18.9 Å². The summed E-state index contributed by atoms with van der Waals surface area (Å²) in [6.45, 7) is 11.0. The predicted octanol–water partition coefficient (Wildman–Crippen LogP) is 5.80. The molecular weight excluding hydrogens is 707 g/mol. The van der Waals surface area contributed by atoms with Crippen LogP contribution in [0.5, 0.6) is 11.6 Å². The van der Waals surface area contributed by atoms with Gasteiger partial charge in [-0.15, -0.1) is 0 Å². The maximum absolute atomic E-state index is 15.5. The van der Waals surface area contributed by atoms with E-state index in [-0.39, 0.29) is 40.8 Å². The highest BCUT2D eigenvalue weighted by atomic mass is 19.1. The molecule has 2 fully saturated rings. The van der Waals surface area contributed by atoms with Gasteiger partial charge in [-0.05, 0) is 89.5 Å². The Kier molecular flexibility index (Phi) is 10.8. The van der Waals surface area contributed by atoms with Crippen molar-refractivity contribution in [1.29, 1.82) is 0 Å². The van der Waals surface area contributed by atoms with Gasteiger partial charge >= 0.3 is 11.8 Å². The summed E-state index contributed by atoms with van der Waals surface area (Å²) in [6, 6.07) is 7.14. The Balaban J connectivity index is 1.01. The first-order chi connectivity index (χ1) is 26.3. The number of pyridine rings is 1. The molecule has 1 aromatic carbocycles. The topological polar surface area (TPSA) is 154 Å². The van der Waals surface area contributed by atoms with Crippen LogP contribution in [0.4, 0.5) is 14.9 Å². The van der Waals surface area contributed by atoms with Crippen molar-refractivity contribution in [2.45, 2.75) is 90.8 Å². The standard InChI is InChI=1S/C40H47FN8O6/c1-25-9-12-34(42-20-25)49-37(51)30(22-48(38(49)52)28-7-5-6-8-28)35(50)45-27-10-11-33(31(41)19-27)54-36-29-15-16-46(23-32(29)43-24-44-36)21-26-13-17-47(18-14-26)39(53)55-40(2,3)4/h9-12,19-20,22,24,26,28H,5-8,13-18,21,23H2,1-4H3,(H,45,50). The number of carbonyl (C=O) groups excluding carboxylic acids is 2. The molecule has 15 heteroatoms. The number of rotatable bonds is 8. The van der Waals surface area contributed by atoms with Crippen molar-refractivity contribution in [2.75, 3.05) is 31.5 Å². The minimum Gasteiger partial charge on any atom is -0.444 e. The smallest absolute Gasteiger partial charge is 0.410 e. The van der Waals surface area contributed by atoms with Crippen LogP contribution in [0, 0.1) is 18.7 Å². The largest absolute Gasteiger partial charge is 0.444 e. The van der Waals surface area contributed by atoms with Crippen LogP contribution in [0.2, 0.25) is 0 Å². The normalized spacial score (nSPS) is 16.9. The number of benzene rings is 1. The van der Waals surface area contributed by atoms with Crippen LogP contribution >= 0.6 is 0 Å². The summed E-state index contributed by atoms with van der Waals surface area (Å²) in [7, 11) is 0. The van der Waals surface area contributed by atoms with Crippen molar-refractivity contribution >= 4 is 17.7 Å². The van der Waals surface area contributed by atoms with Crippen molar-refractivity contribution < 1.29 is 23.5 Å². The molecule has 55 heavy (non-hydrogen) atoms. The van der Waals surface area contributed by atoms with E-state index in [1.165, 1.54) is 29.2 Å². The third kappa shape index (κ3) is 8.61. The van der Waals surface area contributed by atoms with E-state index in [4.69, 9.17) is 9.47 Å². The highest BCUT2D eigenvalue weighted by Gasteiger charge is 2.30. The van der Waals surface area contributed by atoms with Crippen LogP contribution in [0.1, 0.15) is 92.5 Å². The monoisotopic (exact) mass is 754 g/mol. The lowest BCUT2D eigenvalue weighted by atomic mass is 9.95. The second-order valence-electron chi connectivity index (χ2n) is 15.7. The number of halogens is 1. The molecule has 2 aliphatic heterocycles. The van der Waals surface area contributed by atoms with Crippen molar-refractivity contribution in [2.24, 2.45) is 5.92 Å². The van der Waals surface area contributed by atoms with E-state index >= 15 is 4.39 Å². The average molecular weight is 755 g/mol. The van der Waals surface area contributed by atoms with Crippen molar-refractivity contribution in [3.8, 4) is 17.4 Å². The van der Waals surface area contributed by atoms with Gasteiger partial charge in [0.1, 0.15) is 23.3 Å². The van der Waals surface area contributed by atoms with E-state index in [0.29, 0.717) is 32.0 Å². The highest BCUT2D eigenvalue weighted by Crippen LogP contribution is 2.32. The molecule has 2 amide bonds. The van der Waals surface area contributed by atoms with Crippen LogP contribution in [-0.2, 0) is 17.7 Å². The molecule has 3 aliphatic rings. The molecule has 0 spiro atoms. The molecule has 0 atom stereocenters. The predicted molar refractivity (Wildman–Crippen MR) is 202 cm³/mol. The maximum Gasteiger partial charge on any atom is 0.410 e. The SMILES string of the molecule is Cc1ccc(-n2c(=O)c(C(=O)Nc3ccc(Oc4ncnc5c4CCN(CC4CCN(C(=O)OC(C)(C)C)CC4)C5)c(F)c3)cn(C3CCCC3)c2=O)nc1. The molecule has 7 rings (SSSR count). The molecule has 4 aromatic rings. The van der Waals surface area contributed by atoms with Crippen molar-refractivity contribution in [1.82, 2.24) is 33.9 Å². The molecule has 3 aromatic heterocycles. The Morgan fingerprint density at radius 3 is 2.44 bits per heavy atom. The first-order valence-corrected chi connectivity index (χ1v) is 19.0. The van der Waals surface area contributed by atoms with Crippen LogP contribution in [-0.4, -0.2) is 77.7 Å². The lowest BCUT2D eigenvalue weighted by Crippen LogP contribution is -2.44. The van der Waals surface area contributed by atoms with E-state index < -0.39 is 28.6 Å². The first-order valence-electron chi connectivity index (χ1n) is 19.0. The van der Waals surface area contributed by atoms with E-state index in [1.807, 2.05) is 27.7 Å². The number of anilines is 1. The fourth-order valence-electron chi connectivity index (χ4n) is 7.54. The number of fused-ring (bicyclic) bond motifs is 1. The Labute approximate surface area is 318 Å². The molecule has 1 saturated carbocycles.